The Morgan fingerprint density at radius 1 is 1.15 bits per heavy atom. The number of hydrogen-bond acceptors (Lipinski definition) is 7. The maximum absolute atomic E-state index is 12.7. The number of carbonyl (C=O) groups is 1. The predicted octanol–water partition coefficient (Wildman–Crippen LogP) is 3.72. The highest BCUT2D eigenvalue weighted by Crippen LogP contribution is 2.26. The largest absolute Gasteiger partial charge is 0.497 e. The summed E-state index contributed by atoms with van der Waals surface area (Å²) in [6, 6.07) is 12.9. The Kier molecular flexibility index (Phi) is 4.47. The molecule has 0 bridgehead atoms. The van der Waals surface area contributed by atoms with Crippen LogP contribution in [0.2, 0.25) is 0 Å². The number of rotatable bonds is 4. The average Bonchev–Trinajstić information content (AvgIpc) is 3.16. The van der Waals surface area contributed by atoms with E-state index in [1.165, 1.54) is 11.3 Å². The van der Waals surface area contributed by atoms with E-state index in [-0.39, 0.29) is 5.91 Å². The van der Waals surface area contributed by atoms with Gasteiger partial charge in [-0.05, 0) is 43.3 Å². The molecule has 4 aromatic rings. The lowest BCUT2D eigenvalue weighted by Crippen LogP contribution is -2.14. The Morgan fingerprint density at radius 2 is 2.04 bits per heavy atom. The second kappa shape index (κ2) is 7.08. The van der Waals surface area contributed by atoms with Crippen LogP contribution < -0.4 is 10.1 Å². The molecular weight excluding hydrogens is 362 g/mol. The molecule has 0 atom stereocenters. The molecule has 8 heteroatoms. The SMILES string of the molecule is COc1ccc2nc(C)c(C(=O)Nc3nnc(-c4ccccn4)s3)cc2c1. The molecule has 0 aliphatic heterocycles. The van der Waals surface area contributed by atoms with Crippen molar-refractivity contribution in [3.8, 4) is 16.5 Å². The summed E-state index contributed by atoms with van der Waals surface area (Å²) >= 11 is 1.27. The maximum atomic E-state index is 12.7. The molecule has 0 spiro atoms. The van der Waals surface area contributed by atoms with Crippen molar-refractivity contribution in [1.82, 2.24) is 20.2 Å². The molecule has 1 N–H and O–H groups in total. The van der Waals surface area contributed by atoms with Crippen LogP contribution in [0.15, 0.2) is 48.7 Å². The summed E-state index contributed by atoms with van der Waals surface area (Å²) in [7, 11) is 1.60. The van der Waals surface area contributed by atoms with Gasteiger partial charge in [-0.15, -0.1) is 10.2 Å². The first kappa shape index (κ1) is 17.0. The van der Waals surface area contributed by atoms with E-state index in [0.717, 1.165) is 10.9 Å². The molecule has 1 aromatic carbocycles. The van der Waals surface area contributed by atoms with E-state index in [2.05, 4.69) is 25.5 Å². The van der Waals surface area contributed by atoms with E-state index < -0.39 is 0 Å². The number of ether oxygens (including phenoxy) is 1. The van der Waals surface area contributed by atoms with Gasteiger partial charge in [0.05, 0.1) is 23.9 Å². The van der Waals surface area contributed by atoms with Crippen LogP contribution in [-0.4, -0.2) is 33.2 Å². The van der Waals surface area contributed by atoms with Crippen molar-refractivity contribution < 1.29 is 9.53 Å². The van der Waals surface area contributed by atoms with E-state index in [4.69, 9.17) is 4.74 Å². The zero-order valence-electron chi connectivity index (χ0n) is 14.6. The number of hydrogen-bond donors (Lipinski definition) is 1. The van der Waals surface area contributed by atoms with Gasteiger partial charge in [-0.25, -0.2) is 0 Å². The first-order valence-corrected chi connectivity index (χ1v) is 8.97. The summed E-state index contributed by atoms with van der Waals surface area (Å²) in [5.41, 5.74) is 2.63. The van der Waals surface area contributed by atoms with Gasteiger partial charge in [-0.2, -0.15) is 0 Å². The molecule has 3 heterocycles. The summed E-state index contributed by atoms with van der Waals surface area (Å²) < 4.78 is 5.24. The molecule has 0 aliphatic rings. The second-order valence-electron chi connectivity index (χ2n) is 5.76. The van der Waals surface area contributed by atoms with Gasteiger partial charge in [-0.1, -0.05) is 17.4 Å². The molecule has 0 aliphatic carbocycles. The van der Waals surface area contributed by atoms with Crippen LogP contribution in [0.3, 0.4) is 0 Å². The number of methoxy groups -OCH3 is 1. The Hall–Kier alpha value is -3.39. The van der Waals surface area contributed by atoms with Crippen molar-refractivity contribution in [2.75, 3.05) is 12.4 Å². The van der Waals surface area contributed by atoms with Crippen LogP contribution in [0.25, 0.3) is 21.6 Å². The Bertz CT molecular complexity index is 1130. The van der Waals surface area contributed by atoms with Crippen LogP contribution in [-0.2, 0) is 0 Å². The minimum Gasteiger partial charge on any atom is -0.497 e. The average molecular weight is 377 g/mol. The van der Waals surface area contributed by atoms with Gasteiger partial charge in [0.25, 0.3) is 5.91 Å². The number of pyridine rings is 2. The van der Waals surface area contributed by atoms with Gasteiger partial charge in [0.1, 0.15) is 11.4 Å². The van der Waals surface area contributed by atoms with Crippen molar-refractivity contribution in [3.63, 3.8) is 0 Å². The third-order valence-electron chi connectivity index (χ3n) is 3.99. The molecule has 0 saturated heterocycles. The normalized spacial score (nSPS) is 10.7. The number of aryl methyl sites for hydroxylation is 1. The summed E-state index contributed by atoms with van der Waals surface area (Å²) in [4.78, 5) is 21.5. The standard InChI is InChI=1S/C19H15N5O2S/c1-11-14(10-12-9-13(26-2)6-7-15(12)21-11)17(25)22-19-24-23-18(27-19)16-5-3-4-8-20-16/h3-10H,1-2H3,(H,22,24,25). The number of aromatic nitrogens is 4. The van der Waals surface area contributed by atoms with Gasteiger partial charge < -0.3 is 4.74 Å². The minimum atomic E-state index is -0.284. The highest BCUT2D eigenvalue weighted by atomic mass is 32.1. The fourth-order valence-electron chi connectivity index (χ4n) is 2.64. The van der Waals surface area contributed by atoms with Crippen molar-refractivity contribution in [2.24, 2.45) is 0 Å². The molecule has 0 radical (unpaired) electrons. The van der Waals surface area contributed by atoms with E-state index >= 15 is 0 Å². The number of anilines is 1. The van der Waals surface area contributed by atoms with Crippen molar-refractivity contribution in [3.05, 3.63) is 59.9 Å². The highest BCUT2D eigenvalue weighted by Gasteiger charge is 2.15. The van der Waals surface area contributed by atoms with Crippen molar-refractivity contribution >= 4 is 33.3 Å². The van der Waals surface area contributed by atoms with Crippen LogP contribution in [0.1, 0.15) is 16.1 Å². The number of nitrogens with one attached hydrogen (secondary N) is 1. The van der Waals surface area contributed by atoms with Crippen LogP contribution in [0.5, 0.6) is 5.75 Å². The molecule has 134 valence electrons. The highest BCUT2D eigenvalue weighted by molar-refractivity contribution is 7.18. The lowest BCUT2D eigenvalue weighted by Gasteiger charge is -2.08. The summed E-state index contributed by atoms with van der Waals surface area (Å²) in [6.45, 7) is 1.80. The van der Waals surface area contributed by atoms with E-state index in [0.29, 0.717) is 32.8 Å². The quantitative estimate of drug-likeness (QED) is 0.583. The van der Waals surface area contributed by atoms with Gasteiger partial charge >= 0.3 is 0 Å². The lowest BCUT2D eigenvalue weighted by atomic mass is 10.1. The Labute approximate surface area is 159 Å². The second-order valence-corrected chi connectivity index (χ2v) is 6.74. The summed E-state index contributed by atoms with van der Waals surface area (Å²) in [5, 5.41) is 12.8. The third-order valence-corrected chi connectivity index (χ3v) is 4.85. The zero-order valence-corrected chi connectivity index (χ0v) is 15.4. The lowest BCUT2D eigenvalue weighted by molar-refractivity contribution is 0.102. The predicted molar refractivity (Wildman–Crippen MR) is 104 cm³/mol. The van der Waals surface area contributed by atoms with Crippen LogP contribution >= 0.6 is 11.3 Å². The summed E-state index contributed by atoms with van der Waals surface area (Å²) in [5.74, 6) is 0.428. The Balaban J connectivity index is 1.61. The van der Waals surface area contributed by atoms with Crippen molar-refractivity contribution in [2.45, 2.75) is 6.92 Å². The topological polar surface area (TPSA) is 89.9 Å². The minimum absolute atomic E-state index is 0.284. The number of benzene rings is 1. The smallest absolute Gasteiger partial charge is 0.259 e. The van der Waals surface area contributed by atoms with Crippen LogP contribution in [0.4, 0.5) is 5.13 Å². The molecule has 1 amide bonds. The third kappa shape index (κ3) is 3.47. The zero-order chi connectivity index (χ0) is 18.8. The molecule has 4 rings (SSSR count). The monoisotopic (exact) mass is 377 g/mol. The van der Waals surface area contributed by atoms with Gasteiger partial charge in [0.15, 0.2) is 5.01 Å². The molecular formula is C19H15N5O2S. The first-order valence-electron chi connectivity index (χ1n) is 8.16. The number of amides is 1. The molecule has 7 nitrogen and oxygen atoms in total. The maximum Gasteiger partial charge on any atom is 0.259 e. The van der Waals surface area contributed by atoms with Crippen molar-refractivity contribution in [1.29, 1.82) is 0 Å². The number of nitrogens with zero attached hydrogens (tertiary/aromatic N) is 4. The molecule has 27 heavy (non-hydrogen) atoms. The number of fused-ring (bicyclic) bond motifs is 1. The molecule has 0 unspecified atom stereocenters. The molecule has 0 saturated carbocycles. The number of carbonyl (C=O) groups excluding carboxylic acids is 1. The van der Waals surface area contributed by atoms with Gasteiger partial charge in [0.2, 0.25) is 5.13 Å². The fraction of sp³-hybridized carbons (Fsp3) is 0.105. The molecule has 0 fully saturated rings. The van der Waals surface area contributed by atoms with E-state index in [9.17, 15) is 4.79 Å². The first-order chi connectivity index (χ1) is 13.1. The Morgan fingerprint density at radius 3 is 2.81 bits per heavy atom. The fourth-order valence-corrected chi connectivity index (χ4v) is 3.35. The van der Waals surface area contributed by atoms with E-state index in [1.807, 2.05) is 36.4 Å². The van der Waals surface area contributed by atoms with E-state index in [1.54, 1.807) is 26.3 Å². The van der Waals surface area contributed by atoms with Crippen LogP contribution in [0, 0.1) is 6.92 Å². The molecule has 3 aromatic heterocycles. The summed E-state index contributed by atoms with van der Waals surface area (Å²) in [6.07, 6.45) is 1.69. The van der Waals surface area contributed by atoms with Gasteiger partial charge in [-0.3, -0.25) is 20.1 Å². The van der Waals surface area contributed by atoms with Gasteiger partial charge in [0, 0.05) is 11.6 Å².